The maximum absolute atomic E-state index is 13.7. The van der Waals surface area contributed by atoms with Gasteiger partial charge in [-0.3, -0.25) is 4.98 Å². The van der Waals surface area contributed by atoms with Crippen molar-refractivity contribution >= 4 is 41.5 Å². The summed E-state index contributed by atoms with van der Waals surface area (Å²) in [5.41, 5.74) is 4.92. The smallest absolute Gasteiger partial charge is 0.320 e. The molecule has 2 aromatic rings. The van der Waals surface area contributed by atoms with Crippen molar-refractivity contribution in [3.8, 4) is 11.1 Å². The molecule has 0 spiro atoms. The molecule has 1 aromatic carbocycles. The summed E-state index contributed by atoms with van der Waals surface area (Å²) in [6, 6.07) is 8.03. The molecule has 2 amide bonds. The van der Waals surface area contributed by atoms with Crippen molar-refractivity contribution in [1.82, 2.24) is 14.9 Å². The molecule has 2 heterocycles. The van der Waals surface area contributed by atoms with Crippen molar-refractivity contribution in [3.05, 3.63) is 82.3 Å². The van der Waals surface area contributed by atoms with Gasteiger partial charge in [0.15, 0.2) is 0 Å². The van der Waals surface area contributed by atoms with Crippen LogP contribution >= 0.6 is 23.2 Å². The Morgan fingerprint density at radius 2 is 1.89 bits per heavy atom. The van der Waals surface area contributed by atoms with E-state index in [2.05, 4.69) is 35.9 Å². The molecule has 3 rings (SSSR count). The monoisotopic (exact) mass is 538 g/mol. The van der Waals surface area contributed by atoms with E-state index in [0.29, 0.717) is 10.0 Å². The molecule has 0 radical (unpaired) electrons. The van der Waals surface area contributed by atoms with E-state index in [0.717, 1.165) is 67.3 Å². The van der Waals surface area contributed by atoms with E-state index in [1.807, 2.05) is 55.3 Å². The van der Waals surface area contributed by atoms with Gasteiger partial charge in [-0.2, -0.15) is 10.1 Å². The zero-order valence-corrected chi connectivity index (χ0v) is 23.5. The number of allylic oxidation sites excluding steroid dienone is 4. The predicted molar refractivity (Wildman–Crippen MR) is 157 cm³/mol. The first kappa shape index (κ1) is 28.7. The Labute approximate surface area is 231 Å². The Morgan fingerprint density at radius 3 is 2.49 bits per heavy atom. The maximum atomic E-state index is 13.7. The number of hydrogen-bond donors (Lipinski definition) is 0. The van der Waals surface area contributed by atoms with Gasteiger partial charge in [0.1, 0.15) is 0 Å². The molecule has 7 heteroatoms. The van der Waals surface area contributed by atoms with Gasteiger partial charge in [0.05, 0.1) is 10.0 Å². The van der Waals surface area contributed by atoms with E-state index in [1.165, 1.54) is 10.6 Å². The van der Waals surface area contributed by atoms with Gasteiger partial charge < -0.3 is 4.90 Å². The van der Waals surface area contributed by atoms with Gasteiger partial charge in [0, 0.05) is 43.5 Å². The number of aromatic nitrogens is 1. The number of rotatable bonds is 9. The lowest BCUT2D eigenvalue weighted by Gasteiger charge is -2.37. The first-order chi connectivity index (χ1) is 17.9. The third kappa shape index (κ3) is 7.33. The zero-order chi connectivity index (χ0) is 26.8. The van der Waals surface area contributed by atoms with Gasteiger partial charge >= 0.3 is 6.03 Å². The number of carbonyl (C=O) groups excluding carboxylic acids is 1. The standard InChI is InChI=1S/C30H36Cl2N4O/c1-5-10-22(7-3)18-26-12-8-9-17-35(26)30(37)36(33-4)21-25(11-6-2)23-13-15-24(16-14-23)29-27(31)19-34-20-28(29)32/h5,7,10,13-16,19-21,26H,4,6,8-9,11-12,17-18H2,1-3H3/b10-5-,22-7+,25-21+. The number of likely N-dealkylation sites (tertiary alicyclic amines) is 1. The number of piperidine rings is 1. The normalized spacial score (nSPS) is 16.8. The molecular weight excluding hydrogens is 503 g/mol. The quantitative estimate of drug-likeness (QED) is 0.181. The number of carbonyl (C=O) groups is 1. The minimum Gasteiger partial charge on any atom is -0.320 e. The first-order valence-corrected chi connectivity index (χ1v) is 13.6. The Morgan fingerprint density at radius 1 is 1.19 bits per heavy atom. The molecule has 0 N–H and O–H groups in total. The van der Waals surface area contributed by atoms with Crippen LogP contribution in [-0.4, -0.2) is 40.2 Å². The number of pyridine rings is 1. The predicted octanol–water partition coefficient (Wildman–Crippen LogP) is 9.00. The summed E-state index contributed by atoms with van der Waals surface area (Å²) in [5.74, 6) is 0. The van der Waals surface area contributed by atoms with Crippen LogP contribution in [0.1, 0.15) is 64.9 Å². The number of hydrogen-bond acceptors (Lipinski definition) is 3. The molecule has 0 aliphatic carbocycles. The third-order valence-electron chi connectivity index (χ3n) is 6.64. The lowest BCUT2D eigenvalue weighted by molar-refractivity contribution is 0.129. The zero-order valence-electron chi connectivity index (χ0n) is 22.0. The van der Waals surface area contributed by atoms with E-state index in [9.17, 15) is 4.79 Å². The molecule has 37 heavy (non-hydrogen) atoms. The Bertz CT molecular complexity index is 1150. The third-order valence-corrected chi connectivity index (χ3v) is 7.21. The number of nitrogens with zero attached hydrogens (tertiary/aromatic N) is 4. The largest absolute Gasteiger partial charge is 0.344 e. The maximum Gasteiger partial charge on any atom is 0.344 e. The van der Waals surface area contributed by atoms with Crippen LogP contribution in [0.25, 0.3) is 16.7 Å². The fraction of sp³-hybridized carbons (Fsp3) is 0.367. The minimum atomic E-state index is -0.129. The number of amides is 2. The average Bonchev–Trinajstić information content (AvgIpc) is 2.91. The highest BCUT2D eigenvalue weighted by atomic mass is 35.5. The Hall–Kier alpha value is -2.89. The van der Waals surface area contributed by atoms with E-state index in [-0.39, 0.29) is 12.1 Å². The summed E-state index contributed by atoms with van der Waals surface area (Å²) < 4.78 is 0. The van der Waals surface area contributed by atoms with Crippen molar-refractivity contribution in [2.24, 2.45) is 5.10 Å². The van der Waals surface area contributed by atoms with E-state index in [1.54, 1.807) is 12.4 Å². The highest BCUT2D eigenvalue weighted by Crippen LogP contribution is 2.35. The topological polar surface area (TPSA) is 48.8 Å². The number of hydrazone groups is 1. The lowest BCUT2D eigenvalue weighted by atomic mass is 9.95. The molecule has 1 aromatic heterocycles. The highest BCUT2D eigenvalue weighted by molar-refractivity contribution is 6.38. The second-order valence-electron chi connectivity index (χ2n) is 9.14. The molecule has 1 saturated heterocycles. The average molecular weight is 540 g/mol. The van der Waals surface area contributed by atoms with Gasteiger partial charge in [0.25, 0.3) is 0 Å². The first-order valence-electron chi connectivity index (χ1n) is 12.9. The number of urea groups is 1. The van der Waals surface area contributed by atoms with Crippen molar-refractivity contribution in [2.45, 2.75) is 65.3 Å². The molecule has 1 aliphatic heterocycles. The van der Waals surface area contributed by atoms with E-state index >= 15 is 0 Å². The van der Waals surface area contributed by atoms with Crippen LogP contribution in [0.4, 0.5) is 4.79 Å². The second kappa shape index (κ2) is 14.2. The Balaban J connectivity index is 1.87. The van der Waals surface area contributed by atoms with Crippen LogP contribution in [0, 0.1) is 0 Å². The van der Waals surface area contributed by atoms with Crippen LogP contribution in [0.2, 0.25) is 10.0 Å². The van der Waals surface area contributed by atoms with Crippen LogP contribution in [0.3, 0.4) is 0 Å². The van der Waals surface area contributed by atoms with Crippen molar-refractivity contribution in [2.75, 3.05) is 6.54 Å². The molecular formula is C30H36Cl2N4O. The van der Waals surface area contributed by atoms with Crippen molar-refractivity contribution in [3.63, 3.8) is 0 Å². The van der Waals surface area contributed by atoms with Crippen molar-refractivity contribution < 1.29 is 4.79 Å². The van der Waals surface area contributed by atoms with Crippen LogP contribution in [-0.2, 0) is 0 Å². The highest BCUT2D eigenvalue weighted by Gasteiger charge is 2.30. The molecule has 1 aliphatic rings. The van der Waals surface area contributed by atoms with Gasteiger partial charge in [-0.05, 0) is 62.7 Å². The Kier molecular flexibility index (Phi) is 11.0. The van der Waals surface area contributed by atoms with Crippen LogP contribution < -0.4 is 0 Å². The van der Waals surface area contributed by atoms with E-state index < -0.39 is 0 Å². The number of benzene rings is 1. The minimum absolute atomic E-state index is 0.129. The van der Waals surface area contributed by atoms with Gasteiger partial charge in [-0.15, -0.1) is 0 Å². The van der Waals surface area contributed by atoms with E-state index in [4.69, 9.17) is 23.2 Å². The van der Waals surface area contributed by atoms with Gasteiger partial charge in [-0.1, -0.05) is 84.6 Å². The molecule has 0 saturated carbocycles. The number of halogens is 2. The SMILES string of the molecule is C=NN(/C=C(\CCC)c1ccc(-c2c(Cl)cncc2Cl)cc1)C(=O)N1CCCCC1CC(/C=C\C)=C/C. The molecule has 196 valence electrons. The second-order valence-corrected chi connectivity index (χ2v) is 9.95. The molecule has 1 atom stereocenters. The van der Waals surface area contributed by atoms with Gasteiger partial charge in [-0.25, -0.2) is 4.79 Å². The summed E-state index contributed by atoms with van der Waals surface area (Å²) in [7, 11) is 0. The van der Waals surface area contributed by atoms with Crippen LogP contribution in [0.5, 0.6) is 0 Å². The summed E-state index contributed by atoms with van der Waals surface area (Å²) in [6.45, 7) is 10.6. The summed E-state index contributed by atoms with van der Waals surface area (Å²) in [5, 5.41) is 6.52. The molecule has 0 bridgehead atoms. The molecule has 5 nitrogen and oxygen atoms in total. The summed E-state index contributed by atoms with van der Waals surface area (Å²) in [6.07, 6.45) is 17.0. The van der Waals surface area contributed by atoms with Gasteiger partial charge in [0.2, 0.25) is 0 Å². The fourth-order valence-electron chi connectivity index (χ4n) is 4.76. The molecule has 1 unspecified atom stereocenters. The van der Waals surface area contributed by atoms with Crippen molar-refractivity contribution in [1.29, 1.82) is 0 Å². The van der Waals surface area contributed by atoms with Crippen LogP contribution in [0.15, 0.2) is 71.8 Å². The fourth-order valence-corrected chi connectivity index (χ4v) is 5.34. The lowest BCUT2D eigenvalue weighted by Crippen LogP contribution is -2.47. The molecule has 1 fully saturated rings. The summed E-state index contributed by atoms with van der Waals surface area (Å²) in [4.78, 5) is 19.6. The summed E-state index contributed by atoms with van der Waals surface area (Å²) >= 11 is 12.7.